The summed E-state index contributed by atoms with van der Waals surface area (Å²) in [4.78, 5) is 18.7. The van der Waals surface area contributed by atoms with Crippen LogP contribution in [-0.4, -0.2) is 47.8 Å². The van der Waals surface area contributed by atoms with Gasteiger partial charge in [-0.15, -0.1) is 0 Å². The van der Waals surface area contributed by atoms with E-state index in [9.17, 15) is 10.1 Å². The molecule has 0 aliphatic carbocycles. The second-order valence-corrected chi connectivity index (χ2v) is 6.83. The largest absolute Gasteiger partial charge is 0.378 e. The van der Waals surface area contributed by atoms with Crippen LogP contribution in [0.5, 0.6) is 0 Å². The number of fused-ring (bicyclic) bond motifs is 1. The highest BCUT2D eigenvalue weighted by molar-refractivity contribution is 8.00. The van der Waals surface area contributed by atoms with Crippen LogP contribution in [0.4, 0.5) is 0 Å². The molecule has 124 valence electrons. The number of nitriles is 1. The van der Waals surface area contributed by atoms with Crippen molar-refractivity contribution in [2.45, 2.75) is 18.9 Å². The lowest BCUT2D eigenvalue weighted by atomic mass is 10.1. The van der Waals surface area contributed by atoms with E-state index in [1.54, 1.807) is 4.90 Å². The van der Waals surface area contributed by atoms with Crippen LogP contribution in [0.3, 0.4) is 0 Å². The van der Waals surface area contributed by atoms with Gasteiger partial charge in [-0.25, -0.2) is 4.98 Å². The quantitative estimate of drug-likeness (QED) is 0.803. The van der Waals surface area contributed by atoms with Gasteiger partial charge in [-0.3, -0.25) is 4.79 Å². The van der Waals surface area contributed by atoms with Gasteiger partial charge < -0.3 is 9.64 Å². The van der Waals surface area contributed by atoms with Gasteiger partial charge in [0.1, 0.15) is 11.1 Å². The maximum absolute atomic E-state index is 12.3. The Morgan fingerprint density at radius 3 is 2.71 bits per heavy atom. The number of ether oxygens (including phenoxy) is 1. The highest BCUT2D eigenvalue weighted by Crippen LogP contribution is 2.26. The van der Waals surface area contributed by atoms with Gasteiger partial charge in [0.05, 0.1) is 30.0 Å². The summed E-state index contributed by atoms with van der Waals surface area (Å²) in [5.41, 5.74) is 3.72. The molecule has 1 aromatic carbocycles. The number of nitrogens with zero attached hydrogens (tertiary/aromatic N) is 3. The summed E-state index contributed by atoms with van der Waals surface area (Å²) in [5.74, 6) is 0.354. The fourth-order valence-corrected chi connectivity index (χ4v) is 3.51. The molecule has 24 heavy (non-hydrogen) atoms. The predicted molar refractivity (Wildman–Crippen MR) is 94.1 cm³/mol. The number of pyridine rings is 1. The van der Waals surface area contributed by atoms with Crippen molar-refractivity contribution in [3.05, 3.63) is 34.9 Å². The number of morpholine rings is 1. The van der Waals surface area contributed by atoms with E-state index in [4.69, 9.17) is 4.74 Å². The maximum atomic E-state index is 12.3. The van der Waals surface area contributed by atoms with Gasteiger partial charge in [0.25, 0.3) is 0 Å². The molecule has 1 aromatic heterocycles. The van der Waals surface area contributed by atoms with Crippen molar-refractivity contribution in [1.82, 2.24) is 9.88 Å². The number of carbonyl (C=O) groups excluding carboxylic acids is 1. The normalized spacial score (nSPS) is 14.6. The molecule has 0 saturated carbocycles. The van der Waals surface area contributed by atoms with Crippen LogP contribution in [-0.2, 0) is 9.53 Å². The Morgan fingerprint density at radius 2 is 2.00 bits per heavy atom. The van der Waals surface area contributed by atoms with Crippen molar-refractivity contribution in [3.63, 3.8) is 0 Å². The number of hydrogen-bond acceptors (Lipinski definition) is 5. The zero-order chi connectivity index (χ0) is 17.1. The molecule has 1 aliphatic rings. The van der Waals surface area contributed by atoms with Gasteiger partial charge in [0.15, 0.2) is 0 Å². The smallest absolute Gasteiger partial charge is 0.233 e. The fourth-order valence-electron chi connectivity index (χ4n) is 2.65. The van der Waals surface area contributed by atoms with E-state index >= 15 is 0 Å². The lowest BCUT2D eigenvalue weighted by molar-refractivity contribution is -0.132. The van der Waals surface area contributed by atoms with Gasteiger partial charge in [-0.05, 0) is 43.2 Å². The van der Waals surface area contributed by atoms with Crippen LogP contribution < -0.4 is 0 Å². The monoisotopic (exact) mass is 341 g/mol. The first-order chi connectivity index (χ1) is 11.6. The molecule has 0 radical (unpaired) electrons. The van der Waals surface area contributed by atoms with Gasteiger partial charge in [0, 0.05) is 18.5 Å². The Kier molecular flexibility index (Phi) is 5.03. The molecular weight excluding hydrogens is 322 g/mol. The molecule has 1 saturated heterocycles. The van der Waals surface area contributed by atoms with Gasteiger partial charge >= 0.3 is 0 Å². The number of amides is 1. The Labute approximate surface area is 145 Å². The molecule has 1 fully saturated rings. The SMILES string of the molecule is Cc1cc2cc(C#N)c(SCC(=O)N3CCOCC3)nc2cc1C. The highest BCUT2D eigenvalue weighted by Gasteiger charge is 2.18. The molecule has 2 heterocycles. The molecule has 1 aliphatic heterocycles. The van der Waals surface area contributed by atoms with Crippen LogP contribution in [0.1, 0.15) is 16.7 Å². The Balaban J connectivity index is 1.81. The zero-order valence-electron chi connectivity index (χ0n) is 13.8. The Morgan fingerprint density at radius 1 is 1.29 bits per heavy atom. The van der Waals surface area contributed by atoms with E-state index in [-0.39, 0.29) is 11.7 Å². The molecule has 0 spiro atoms. The molecule has 1 amide bonds. The summed E-state index contributed by atoms with van der Waals surface area (Å²) in [6.45, 7) is 6.54. The summed E-state index contributed by atoms with van der Waals surface area (Å²) in [7, 11) is 0. The van der Waals surface area contributed by atoms with Crippen molar-refractivity contribution in [2.75, 3.05) is 32.1 Å². The van der Waals surface area contributed by atoms with Crippen LogP contribution in [0, 0.1) is 25.2 Å². The van der Waals surface area contributed by atoms with Crippen molar-refractivity contribution in [3.8, 4) is 6.07 Å². The number of carbonyl (C=O) groups is 1. The van der Waals surface area contributed by atoms with Crippen LogP contribution in [0.2, 0.25) is 0 Å². The van der Waals surface area contributed by atoms with Gasteiger partial charge in [-0.1, -0.05) is 11.8 Å². The predicted octanol–water partition coefficient (Wildman–Crippen LogP) is 2.67. The lowest BCUT2D eigenvalue weighted by Gasteiger charge is -2.26. The summed E-state index contributed by atoms with van der Waals surface area (Å²) in [6, 6.07) is 8.13. The number of benzene rings is 1. The first-order valence-electron chi connectivity index (χ1n) is 7.89. The van der Waals surface area contributed by atoms with Crippen molar-refractivity contribution >= 4 is 28.6 Å². The minimum atomic E-state index is 0.0640. The second-order valence-electron chi connectivity index (χ2n) is 5.86. The summed E-state index contributed by atoms with van der Waals surface area (Å²) < 4.78 is 5.26. The third kappa shape index (κ3) is 3.53. The van der Waals surface area contributed by atoms with E-state index < -0.39 is 0 Å². The number of aromatic nitrogens is 1. The topological polar surface area (TPSA) is 66.2 Å². The lowest BCUT2D eigenvalue weighted by Crippen LogP contribution is -2.41. The van der Waals surface area contributed by atoms with Crippen molar-refractivity contribution in [1.29, 1.82) is 5.26 Å². The number of rotatable bonds is 3. The van der Waals surface area contributed by atoms with E-state index in [1.807, 2.05) is 32.0 Å². The Bertz CT molecular complexity index is 823. The van der Waals surface area contributed by atoms with E-state index in [0.29, 0.717) is 36.9 Å². The fraction of sp³-hybridized carbons (Fsp3) is 0.389. The third-order valence-corrected chi connectivity index (χ3v) is 5.19. The Hall–Kier alpha value is -2.10. The van der Waals surface area contributed by atoms with Crippen molar-refractivity contribution < 1.29 is 9.53 Å². The maximum Gasteiger partial charge on any atom is 0.233 e. The van der Waals surface area contributed by atoms with Crippen LogP contribution in [0.15, 0.2) is 23.2 Å². The second kappa shape index (κ2) is 7.20. The van der Waals surface area contributed by atoms with Crippen LogP contribution in [0.25, 0.3) is 10.9 Å². The minimum Gasteiger partial charge on any atom is -0.378 e. The van der Waals surface area contributed by atoms with E-state index in [1.165, 1.54) is 22.9 Å². The summed E-state index contributed by atoms with van der Waals surface area (Å²) in [5, 5.41) is 11.0. The van der Waals surface area contributed by atoms with E-state index in [0.717, 1.165) is 10.9 Å². The number of aryl methyl sites for hydroxylation is 2. The molecule has 0 bridgehead atoms. The third-order valence-electron chi connectivity index (χ3n) is 4.21. The number of hydrogen-bond donors (Lipinski definition) is 0. The average Bonchev–Trinajstić information content (AvgIpc) is 2.61. The first kappa shape index (κ1) is 16.7. The van der Waals surface area contributed by atoms with Gasteiger partial charge in [-0.2, -0.15) is 5.26 Å². The standard InChI is InChI=1S/C18H19N3O2S/c1-12-7-14-9-15(10-19)18(20-16(14)8-13(12)2)24-11-17(22)21-3-5-23-6-4-21/h7-9H,3-6,11H2,1-2H3. The number of thioether (sulfide) groups is 1. The molecule has 0 atom stereocenters. The molecule has 0 unspecified atom stereocenters. The van der Waals surface area contributed by atoms with E-state index in [2.05, 4.69) is 11.1 Å². The molecule has 3 rings (SSSR count). The first-order valence-corrected chi connectivity index (χ1v) is 8.87. The molecule has 0 N–H and O–H groups in total. The van der Waals surface area contributed by atoms with Gasteiger partial charge in [0.2, 0.25) is 5.91 Å². The van der Waals surface area contributed by atoms with Crippen molar-refractivity contribution in [2.24, 2.45) is 0 Å². The minimum absolute atomic E-state index is 0.0640. The molecule has 5 nitrogen and oxygen atoms in total. The average molecular weight is 341 g/mol. The molecule has 2 aromatic rings. The van der Waals surface area contributed by atoms with Crippen LogP contribution >= 0.6 is 11.8 Å². The summed E-state index contributed by atoms with van der Waals surface area (Å²) in [6.07, 6.45) is 0. The molecular formula is C18H19N3O2S. The molecule has 6 heteroatoms. The summed E-state index contributed by atoms with van der Waals surface area (Å²) >= 11 is 1.33. The zero-order valence-corrected chi connectivity index (χ0v) is 14.7. The highest BCUT2D eigenvalue weighted by atomic mass is 32.2.